The highest BCUT2D eigenvalue weighted by Gasteiger charge is 2.25. The van der Waals surface area contributed by atoms with E-state index in [1.807, 2.05) is 4.68 Å². The summed E-state index contributed by atoms with van der Waals surface area (Å²) in [5, 5.41) is 12.5. The first kappa shape index (κ1) is 18.0. The first-order valence-corrected chi connectivity index (χ1v) is 9.17. The van der Waals surface area contributed by atoms with Crippen LogP contribution in [0.1, 0.15) is 44.1 Å². The molecule has 6 nitrogen and oxygen atoms in total. The lowest BCUT2D eigenvalue weighted by atomic mass is 10.1. The van der Waals surface area contributed by atoms with Crippen LogP contribution in [-0.2, 0) is 6.54 Å². The molecule has 25 heavy (non-hydrogen) atoms. The first-order chi connectivity index (χ1) is 11.9. The number of hydrogen-bond donors (Lipinski definition) is 0. The van der Waals surface area contributed by atoms with Crippen LogP contribution in [0.5, 0.6) is 0 Å². The van der Waals surface area contributed by atoms with Gasteiger partial charge in [-0.15, -0.1) is 5.10 Å². The van der Waals surface area contributed by atoms with E-state index < -0.39 is 0 Å². The molecule has 0 amide bonds. The van der Waals surface area contributed by atoms with Crippen LogP contribution in [-0.4, -0.2) is 61.7 Å². The minimum atomic E-state index is 0.232. The van der Waals surface area contributed by atoms with Crippen molar-refractivity contribution in [3.63, 3.8) is 0 Å². The van der Waals surface area contributed by atoms with Gasteiger partial charge >= 0.3 is 0 Å². The van der Waals surface area contributed by atoms with Crippen LogP contribution in [0.15, 0.2) is 18.2 Å². The van der Waals surface area contributed by atoms with Gasteiger partial charge < -0.3 is 0 Å². The highest BCUT2D eigenvalue weighted by Crippen LogP contribution is 2.20. The monoisotopic (exact) mass is 342 g/mol. The van der Waals surface area contributed by atoms with Gasteiger partial charge in [0.05, 0.1) is 12.2 Å². The fraction of sp³-hybridized carbons (Fsp3) is 0.632. The summed E-state index contributed by atoms with van der Waals surface area (Å²) in [4.78, 5) is 5.04. The molecule has 0 atom stereocenters. The molecule has 2 heterocycles. The third-order valence-electron chi connectivity index (χ3n) is 5.09. The molecular formula is C19H30N6. The van der Waals surface area contributed by atoms with Crippen LogP contribution in [0.2, 0.25) is 0 Å². The van der Waals surface area contributed by atoms with Crippen molar-refractivity contribution in [1.82, 2.24) is 30.0 Å². The van der Waals surface area contributed by atoms with Gasteiger partial charge in [-0.3, -0.25) is 9.80 Å². The summed E-state index contributed by atoms with van der Waals surface area (Å²) in [7, 11) is 0. The van der Waals surface area contributed by atoms with Crippen molar-refractivity contribution in [2.75, 3.05) is 26.2 Å². The number of hydrogen-bond acceptors (Lipinski definition) is 5. The summed E-state index contributed by atoms with van der Waals surface area (Å²) < 4.78 is 1.91. The second-order valence-corrected chi connectivity index (χ2v) is 8.03. The number of para-hydroxylation sites is 1. The van der Waals surface area contributed by atoms with Crippen LogP contribution in [0.25, 0.3) is 5.69 Å². The first-order valence-electron chi connectivity index (χ1n) is 9.17. The molecule has 1 fully saturated rings. The van der Waals surface area contributed by atoms with E-state index in [-0.39, 0.29) is 5.54 Å². The summed E-state index contributed by atoms with van der Waals surface area (Å²) >= 11 is 0. The highest BCUT2D eigenvalue weighted by atomic mass is 15.5. The predicted molar refractivity (Wildman–Crippen MR) is 99.8 cm³/mol. The van der Waals surface area contributed by atoms with E-state index in [4.69, 9.17) is 0 Å². The predicted octanol–water partition coefficient (Wildman–Crippen LogP) is 2.59. The van der Waals surface area contributed by atoms with Gasteiger partial charge in [0, 0.05) is 18.6 Å². The molecule has 6 heteroatoms. The lowest BCUT2D eigenvalue weighted by molar-refractivity contribution is 0.140. The minimum Gasteiger partial charge on any atom is -0.297 e. The van der Waals surface area contributed by atoms with E-state index in [0.717, 1.165) is 44.2 Å². The lowest BCUT2D eigenvalue weighted by Gasteiger charge is -2.34. The van der Waals surface area contributed by atoms with Crippen molar-refractivity contribution in [3.05, 3.63) is 35.2 Å². The fourth-order valence-corrected chi connectivity index (χ4v) is 3.62. The zero-order valence-corrected chi connectivity index (χ0v) is 16.2. The molecule has 0 unspecified atom stereocenters. The zero-order valence-electron chi connectivity index (χ0n) is 16.2. The summed E-state index contributed by atoms with van der Waals surface area (Å²) in [6, 6.07) is 6.30. The number of benzene rings is 1. The van der Waals surface area contributed by atoms with Gasteiger partial charge in [0.15, 0.2) is 5.82 Å². The Balaban J connectivity index is 1.76. The largest absolute Gasteiger partial charge is 0.297 e. The minimum absolute atomic E-state index is 0.232. The van der Waals surface area contributed by atoms with Crippen molar-refractivity contribution in [2.24, 2.45) is 0 Å². The van der Waals surface area contributed by atoms with E-state index in [1.165, 1.54) is 17.5 Å². The van der Waals surface area contributed by atoms with Gasteiger partial charge in [-0.05, 0) is 75.7 Å². The van der Waals surface area contributed by atoms with Crippen molar-refractivity contribution < 1.29 is 0 Å². The normalized spacial score (nSPS) is 17.6. The molecule has 1 aromatic carbocycles. The molecule has 136 valence electrons. The Morgan fingerprint density at radius 3 is 2.40 bits per heavy atom. The molecule has 0 radical (unpaired) electrons. The average molecular weight is 342 g/mol. The molecule has 0 bridgehead atoms. The number of aryl methyl sites for hydroxylation is 2. The van der Waals surface area contributed by atoms with Crippen molar-refractivity contribution in [3.8, 4) is 5.69 Å². The lowest BCUT2D eigenvalue weighted by Crippen LogP contribution is -2.43. The van der Waals surface area contributed by atoms with Gasteiger partial charge in [-0.1, -0.05) is 18.2 Å². The second-order valence-electron chi connectivity index (χ2n) is 8.03. The maximum atomic E-state index is 4.31. The molecule has 1 saturated heterocycles. The molecule has 2 aromatic rings. The molecule has 0 spiro atoms. The molecule has 3 rings (SSSR count). The fourth-order valence-electron chi connectivity index (χ4n) is 3.62. The topological polar surface area (TPSA) is 50.1 Å². The van der Waals surface area contributed by atoms with Gasteiger partial charge in [-0.25, -0.2) is 0 Å². The van der Waals surface area contributed by atoms with Crippen LogP contribution in [0, 0.1) is 13.8 Å². The summed E-state index contributed by atoms with van der Waals surface area (Å²) in [5.74, 6) is 0.918. The number of aromatic nitrogens is 4. The second kappa shape index (κ2) is 7.22. The van der Waals surface area contributed by atoms with Crippen LogP contribution in [0.3, 0.4) is 0 Å². The number of tetrazole rings is 1. The van der Waals surface area contributed by atoms with Gasteiger partial charge in [0.2, 0.25) is 0 Å². The summed E-state index contributed by atoms with van der Waals surface area (Å²) in [6.45, 7) is 16.3. The Bertz CT molecular complexity index is 695. The maximum absolute atomic E-state index is 4.31. The SMILES string of the molecule is Cc1cccc(C)c1-n1nnnc1CN1CCCN(C(C)(C)C)CC1. The maximum Gasteiger partial charge on any atom is 0.170 e. The van der Waals surface area contributed by atoms with Crippen molar-refractivity contribution in [2.45, 2.75) is 53.1 Å². The Labute approximate surface area is 150 Å². The number of nitrogens with zero attached hydrogens (tertiary/aromatic N) is 6. The third-order valence-corrected chi connectivity index (χ3v) is 5.09. The Morgan fingerprint density at radius 1 is 1.00 bits per heavy atom. The summed E-state index contributed by atoms with van der Waals surface area (Å²) in [5.41, 5.74) is 3.73. The summed E-state index contributed by atoms with van der Waals surface area (Å²) in [6.07, 6.45) is 1.18. The average Bonchev–Trinajstić information content (AvgIpc) is 2.82. The zero-order chi connectivity index (χ0) is 18.0. The molecule has 0 saturated carbocycles. The van der Waals surface area contributed by atoms with Crippen molar-refractivity contribution in [1.29, 1.82) is 0 Å². The molecule has 1 aliphatic rings. The quantitative estimate of drug-likeness (QED) is 0.858. The van der Waals surface area contributed by atoms with Gasteiger partial charge in [-0.2, -0.15) is 4.68 Å². The Hall–Kier alpha value is -1.79. The molecule has 0 N–H and O–H groups in total. The molecule has 1 aliphatic heterocycles. The smallest absolute Gasteiger partial charge is 0.170 e. The standard InChI is InChI=1S/C19H30N6/c1-15-8-6-9-16(2)18(15)25-17(20-21-22-25)14-23-10-7-11-24(13-12-23)19(3,4)5/h6,8-9H,7,10-14H2,1-5H3. The highest BCUT2D eigenvalue weighted by molar-refractivity contribution is 5.46. The molecule has 1 aromatic heterocycles. The molecule has 0 aliphatic carbocycles. The third kappa shape index (κ3) is 4.07. The van der Waals surface area contributed by atoms with Crippen LogP contribution in [0.4, 0.5) is 0 Å². The van der Waals surface area contributed by atoms with Crippen molar-refractivity contribution >= 4 is 0 Å². The van der Waals surface area contributed by atoms with E-state index in [2.05, 4.69) is 78.1 Å². The van der Waals surface area contributed by atoms with Gasteiger partial charge in [0.25, 0.3) is 0 Å². The van der Waals surface area contributed by atoms with Crippen LogP contribution >= 0.6 is 0 Å². The van der Waals surface area contributed by atoms with Gasteiger partial charge in [0.1, 0.15) is 0 Å². The number of rotatable bonds is 3. The van der Waals surface area contributed by atoms with E-state index in [0.29, 0.717) is 0 Å². The molecular weight excluding hydrogens is 312 g/mol. The van der Waals surface area contributed by atoms with Crippen LogP contribution < -0.4 is 0 Å². The Morgan fingerprint density at radius 2 is 1.72 bits per heavy atom. The van der Waals surface area contributed by atoms with E-state index >= 15 is 0 Å². The Kier molecular flexibility index (Phi) is 5.20. The van der Waals surface area contributed by atoms with E-state index in [9.17, 15) is 0 Å². The van der Waals surface area contributed by atoms with E-state index in [1.54, 1.807) is 0 Å².